The van der Waals surface area contributed by atoms with E-state index in [1.54, 1.807) is 25.3 Å². The van der Waals surface area contributed by atoms with Gasteiger partial charge in [0.1, 0.15) is 11.6 Å². The summed E-state index contributed by atoms with van der Waals surface area (Å²) in [5, 5.41) is 4.79. The number of hydrogen-bond donors (Lipinski definition) is 1. The number of imidazole rings is 1. The number of rotatable bonds is 5. The predicted molar refractivity (Wildman–Crippen MR) is 104 cm³/mol. The van der Waals surface area contributed by atoms with E-state index in [1.165, 1.54) is 23.5 Å². The third-order valence-electron chi connectivity index (χ3n) is 4.12. The largest absolute Gasteiger partial charge is 0.497 e. The molecular weight excluding hydrogens is 365 g/mol. The Labute approximate surface area is 159 Å². The van der Waals surface area contributed by atoms with Crippen molar-refractivity contribution in [1.29, 1.82) is 0 Å². The highest BCUT2D eigenvalue weighted by molar-refractivity contribution is 7.15. The van der Waals surface area contributed by atoms with E-state index in [4.69, 9.17) is 4.74 Å². The summed E-state index contributed by atoms with van der Waals surface area (Å²) in [6.45, 7) is 0. The summed E-state index contributed by atoms with van der Waals surface area (Å²) in [4.78, 5) is 17.8. The molecule has 5 nitrogen and oxygen atoms in total. The third-order valence-corrected chi connectivity index (χ3v) is 5.01. The highest BCUT2D eigenvalue weighted by atomic mass is 32.1. The molecule has 0 saturated carbocycles. The van der Waals surface area contributed by atoms with Crippen LogP contribution in [0, 0.1) is 5.82 Å². The average Bonchev–Trinajstić information content (AvgIpc) is 3.24. The maximum atomic E-state index is 13.1. The van der Waals surface area contributed by atoms with E-state index in [-0.39, 0.29) is 18.1 Å². The van der Waals surface area contributed by atoms with Crippen molar-refractivity contribution >= 4 is 27.9 Å². The Bertz CT molecular complexity index is 1100. The van der Waals surface area contributed by atoms with E-state index in [0.29, 0.717) is 11.4 Å². The van der Waals surface area contributed by atoms with Crippen LogP contribution in [0.1, 0.15) is 5.69 Å². The summed E-state index contributed by atoms with van der Waals surface area (Å²) < 4.78 is 20.2. The summed E-state index contributed by atoms with van der Waals surface area (Å²) in [6, 6.07) is 13.4. The second-order valence-corrected chi connectivity index (χ2v) is 6.81. The number of ether oxygens (including phenoxy) is 1. The van der Waals surface area contributed by atoms with Crippen LogP contribution in [0.2, 0.25) is 0 Å². The number of carbonyl (C=O) groups excluding carboxylic acids is 1. The first-order valence-electron chi connectivity index (χ1n) is 8.28. The minimum atomic E-state index is -0.283. The lowest BCUT2D eigenvalue weighted by atomic mass is 10.2. The number of thiazole rings is 1. The van der Waals surface area contributed by atoms with Gasteiger partial charge in [-0.25, -0.2) is 9.37 Å². The number of carbonyl (C=O) groups is 1. The van der Waals surface area contributed by atoms with Crippen molar-refractivity contribution in [2.75, 3.05) is 12.4 Å². The number of aromatic nitrogens is 2. The quantitative estimate of drug-likeness (QED) is 0.558. The molecule has 1 amide bonds. The van der Waals surface area contributed by atoms with Crippen molar-refractivity contribution in [3.63, 3.8) is 0 Å². The second-order valence-electron chi connectivity index (χ2n) is 5.97. The molecule has 0 fully saturated rings. The number of amides is 1. The predicted octanol–water partition coefficient (Wildman–Crippen LogP) is 4.39. The lowest BCUT2D eigenvalue weighted by Crippen LogP contribution is -2.15. The standard InChI is InChI=1S/C20H16FN3O2S/c1-26-17-4-2-3-15(9-17)22-19(25)10-16-12-27-20-23-18(11-24(16)20)13-5-7-14(21)8-6-13/h2-9,11-12H,10H2,1H3,(H,22,25). The van der Waals surface area contributed by atoms with Crippen molar-refractivity contribution in [3.8, 4) is 17.0 Å². The van der Waals surface area contributed by atoms with Gasteiger partial charge < -0.3 is 10.1 Å². The first-order chi connectivity index (χ1) is 13.1. The molecular formula is C20H16FN3O2S. The van der Waals surface area contributed by atoms with Gasteiger partial charge >= 0.3 is 0 Å². The third kappa shape index (κ3) is 3.68. The maximum absolute atomic E-state index is 13.1. The maximum Gasteiger partial charge on any atom is 0.230 e. The molecule has 0 aliphatic heterocycles. The van der Waals surface area contributed by atoms with Crippen LogP contribution in [-0.2, 0) is 11.2 Å². The van der Waals surface area contributed by atoms with Crippen LogP contribution in [0.25, 0.3) is 16.2 Å². The summed E-state index contributed by atoms with van der Waals surface area (Å²) in [6.07, 6.45) is 2.09. The van der Waals surface area contributed by atoms with Crippen molar-refractivity contribution in [2.24, 2.45) is 0 Å². The molecule has 27 heavy (non-hydrogen) atoms. The SMILES string of the molecule is COc1cccc(NC(=O)Cc2csc3nc(-c4ccc(F)cc4)cn23)c1. The van der Waals surface area contributed by atoms with Crippen LogP contribution in [0.15, 0.2) is 60.1 Å². The minimum Gasteiger partial charge on any atom is -0.497 e. The highest BCUT2D eigenvalue weighted by Gasteiger charge is 2.13. The molecule has 2 heterocycles. The zero-order valence-corrected chi connectivity index (χ0v) is 15.3. The van der Waals surface area contributed by atoms with Gasteiger partial charge in [-0.05, 0) is 36.4 Å². The van der Waals surface area contributed by atoms with Crippen LogP contribution >= 0.6 is 11.3 Å². The molecule has 0 aliphatic rings. The highest BCUT2D eigenvalue weighted by Crippen LogP contribution is 2.24. The Balaban J connectivity index is 1.53. The molecule has 0 unspecified atom stereocenters. The molecule has 4 aromatic rings. The number of anilines is 1. The zero-order chi connectivity index (χ0) is 18.8. The summed E-state index contributed by atoms with van der Waals surface area (Å²) in [5.74, 6) is 0.277. The Hall–Kier alpha value is -3.19. The summed E-state index contributed by atoms with van der Waals surface area (Å²) in [5.41, 5.74) is 3.11. The fourth-order valence-electron chi connectivity index (χ4n) is 2.79. The number of methoxy groups -OCH3 is 1. The molecule has 2 aromatic carbocycles. The van der Waals surface area contributed by atoms with Crippen molar-refractivity contribution in [1.82, 2.24) is 9.38 Å². The van der Waals surface area contributed by atoms with Gasteiger partial charge in [-0.15, -0.1) is 11.3 Å². The van der Waals surface area contributed by atoms with Crippen molar-refractivity contribution in [3.05, 3.63) is 71.6 Å². The van der Waals surface area contributed by atoms with Crippen LogP contribution in [0.5, 0.6) is 5.75 Å². The fraction of sp³-hybridized carbons (Fsp3) is 0.100. The summed E-state index contributed by atoms with van der Waals surface area (Å²) in [7, 11) is 1.58. The molecule has 0 saturated heterocycles. The Kier molecular flexibility index (Phi) is 4.60. The van der Waals surface area contributed by atoms with E-state index in [9.17, 15) is 9.18 Å². The van der Waals surface area contributed by atoms with E-state index in [0.717, 1.165) is 21.9 Å². The second kappa shape index (κ2) is 7.20. The van der Waals surface area contributed by atoms with Crippen LogP contribution in [0.4, 0.5) is 10.1 Å². The van der Waals surface area contributed by atoms with Gasteiger partial charge in [0.25, 0.3) is 0 Å². The molecule has 7 heteroatoms. The number of hydrogen-bond acceptors (Lipinski definition) is 4. The first-order valence-corrected chi connectivity index (χ1v) is 9.15. The lowest BCUT2D eigenvalue weighted by molar-refractivity contribution is -0.115. The van der Waals surface area contributed by atoms with Gasteiger partial charge in [0.15, 0.2) is 4.96 Å². The number of nitrogens with one attached hydrogen (secondary N) is 1. The lowest BCUT2D eigenvalue weighted by Gasteiger charge is -2.06. The summed E-state index contributed by atoms with van der Waals surface area (Å²) >= 11 is 1.46. The molecule has 0 aliphatic carbocycles. The van der Waals surface area contributed by atoms with Gasteiger partial charge in [0.05, 0.1) is 19.2 Å². The van der Waals surface area contributed by atoms with Crippen molar-refractivity contribution < 1.29 is 13.9 Å². The van der Waals surface area contributed by atoms with E-state index >= 15 is 0 Å². The fourth-order valence-corrected chi connectivity index (χ4v) is 3.66. The molecule has 4 rings (SSSR count). The van der Waals surface area contributed by atoms with E-state index < -0.39 is 0 Å². The average molecular weight is 381 g/mol. The Morgan fingerprint density at radius 2 is 2.07 bits per heavy atom. The molecule has 1 N–H and O–H groups in total. The van der Waals surface area contributed by atoms with Gasteiger partial charge in [-0.2, -0.15) is 0 Å². The molecule has 2 aromatic heterocycles. The van der Waals surface area contributed by atoms with Crippen LogP contribution in [-0.4, -0.2) is 22.4 Å². The molecule has 0 atom stereocenters. The smallest absolute Gasteiger partial charge is 0.230 e. The number of fused-ring (bicyclic) bond motifs is 1. The Morgan fingerprint density at radius 1 is 1.26 bits per heavy atom. The number of halogens is 1. The van der Waals surface area contributed by atoms with Gasteiger partial charge in [0.2, 0.25) is 5.91 Å². The van der Waals surface area contributed by atoms with Crippen LogP contribution < -0.4 is 10.1 Å². The van der Waals surface area contributed by atoms with E-state index in [1.807, 2.05) is 34.2 Å². The van der Waals surface area contributed by atoms with E-state index in [2.05, 4.69) is 10.3 Å². The molecule has 0 radical (unpaired) electrons. The molecule has 0 bridgehead atoms. The monoisotopic (exact) mass is 381 g/mol. The number of nitrogens with zero attached hydrogens (tertiary/aromatic N) is 2. The van der Waals surface area contributed by atoms with Gasteiger partial charge in [-0.1, -0.05) is 6.07 Å². The van der Waals surface area contributed by atoms with Gasteiger partial charge in [0, 0.05) is 34.6 Å². The number of benzene rings is 2. The topological polar surface area (TPSA) is 55.6 Å². The van der Waals surface area contributed by atoms with Gasteiger partial charge in [-0.3, -0.25) is 9.20 Å². The van der Waals surface area contributed by atoms with Crippen molar-refractivity contribution in [2.45, 2.75) is 6.42 Å². The zero-order valence-electron chi connectivity index (χ0n) is 14.5. The molecule has 136 valence electrons. The molecule has 0 spiro atoms. The Morgan fingerprint density at radius 3 is 2.85 bits per heavy atom. The minimum absolute atomic E-state index is 0.125. The normalized spacial score (nSPS) is 10.9. The first kappa shape index (κ1) is 17.2. The van der Waals surface area contributed by atoms with Crippen LogP contribution in [0.3, 0.4) is 0 Å².